The number of carbonyl (C=O) groups is 2. The summed E-state index contributed by atoms with van der Waals surface area (Å²) in [5, 5.41) is 8.29. The van der Waals surface area contributed by atoms with E-state index >= 15 is 0 Å². The molecule has 0 radical (unpaired) electrons. The molecule has 0 bridgehead atoms. The first kappa shape index (κ1) is 22.8. The van der Waals surface area contributed by atoms with Crippen molar-refractivity contribution in [3.8, 4) is 0 Å². The number of carbonyl (C=O) groups excluding carboxylic acids is 2. The van der Waals surface area contributed by atoms with E-state index in [4.69, 9.17) is 0 Å². The van der Waals surface area contributed by atoms with Gasteiger partial charge in [0.2, 0.25) is 5.91 Å². The van der Waals surface area contributed by atoms with Gasteiger partial charge in [0, 0.05) is 36.1 Å². The molecule has 0 aliphatic carbocycles. The largest absolute Gasteiger partial charge is 0.336 e. The van der Waals surface area contributed by atoms with Crippen molar-refractivity contribution in [2.24, 2.45) is 11.8 Å². The van der Waals surface area contributed by atoms with Gasteiger partial charge in [-0.2, -0.15) is 0 Å². The molecule has 2 fully saturated rings. The molecule has 0 unspecified atom stereocenters. The molecule has 2 N–H and O–H groups in total. The van der Waals surface area contributed by atoms with Crippen LogP contribution in [0.25, 0.3) is 0 Å². The van der Waals surface area contributed by atoms with E-state index in [2.05, 4.69) is 40.0 Å². The van der Waals surface area contributed by atoms with Crippen LogP contribution in [-0.4, -0.2) is 54.5 Å². The minimum absolute atomic E-state index is 0.0150. The molecular formula is C25H34N4O2S. The zero-order valence-electron chi connectivity index (χ0n) is 18.8. The molecule has 2 aliphatic rings. The van der Waals surface area contributed by atoms with E-state index in [1.54, 1.807) is 11.3 Å². The van der Waals surface area contributed by atoms with Crippen LogP contribution in [-0.2, 0) is 4.79 Å². The maximum Gasteiger partial charge on any atom is 0.317 e. The van der Waals surface area contributed by atoms with Crippen LogP contribution in [0.15, 0.2) is 47.8 Å². The molecule has 0 spiro atoms. The molecule has 172 valence electrons. The quantitative estimate of drug-likeness (QED) is 0.671. The molecule has 3 heterocycles. The standard InChI is InChI=1S/C25H34N4O2S/c1-19-9-13-28(14-10-19)22(23-8-5-17-32-23)18-26-25(31)29-15-11-20(12-16-29)24(30)27-21-6-3-2-4-7-21/h2-8,17,19-20,22H,9-16,18H2,1H3,(H,26,31)(H,27,30)/t22-/m1/s1. The lowest BCUT2D eigenvalue weighted by Gasteiger charge is -2.37. The number of hydrogen-bond donors (Lipinski definition) is 2. The van der Waals surface area contributed by atoms with Gasteiger partial charge in [0.1, 0.15) is 0 Å². The fourth-order valence-electron chi connectivity index (χ4n) is 4.64. The summed E-state index contributed by atoms with van der Waals surface area (Å²) >= 11 is 1.77. The molecule has 1 aromatic heterocycles. The SMILES string of the molecule is CC1CCN([C@H](CNC(=O)N2CCC(C(=O)Nc3ccccc3)CC2)c2cccs2)CC1. The topological polar surface area (TPSA) is 64.7 Å². The van der Waals surface area contributed by atoms with Crippen molar-refractivity contribution in [2.45, 2.75) is 38.6 Å². The molecule has 1 aromatic carbocycles. The van der Waals surface area contributed by atoms with E-state index in [1.165, 1.54) is 17.7 Å². The highest BCUT2D eigenvalue weighted by Gasteiger charge is 2.29. The number of likely N-dealkylation sites (tertiary alicyclic amines) is 2. The predicted octanol–water partition coefficient (Wildman–Crippen LogP) is 4.58. The van der Waals surface area contributed by atoms with Crippen molar-refractivity contribution in [2.75, 3.05) is 38.0 Å². The molecule has 32 heavy (non-hydrogen) atoms. The molecule has 2 aliphatic heterocycles. The van der Waals surface area contributed by atoms with Crippen molar-refractivity contribution in [3.63, 3.8) is 0 Å². The predicted molar refractivity (Wildman–Crippen MR) is 130 cm³/mol. The summed E-state index contributed by atoms with van der Waals surface area (Å²) in [5.41, 5.74) is 0.824. The van der Waals surface area contributed by atoms with E-state index < -0.39 is 0 Å². The van der Waals surface area contributed by atoms with Gasteiger partial charge in [0.25, 0.3) is 0 Å². The van der Waals surface area contributed by atoms with Crippen molar-refractivity contribution >= 4 is 29.0 Å². The summed E-state index contributed by atoms with van der Waals surface area (Å²) in [5.74, 6) is 0.784. The number of nitrogens with zero attached hydrogens (tertiary/aromatic N) is 2. The number of amides is 3. The Balaban J connectivity index is 1.26. The third-order valence-corrected chi connectivity index (χ3v) is 7.75. The average Bonchev–Trinajstić information content (AvgIpc) is 3.35. The number of thiophene rings is 1. The van der Waals surface area contributed by atoms with Gasteiger partial charge in [-0.3, -0.25) is 9.69 Å². The van der Waals surface area contributed by atoms with Gasteiger partial charge in [-0.15, -0.1) is 11.3 Å². The molecule has 1 atom stereocenters. The zero-order valence-corrected chi connectivity index (χ0v) is 19.7. The molecule has 7 heteroatoms. The maximum absolute atomic E-state index is 12.9. The Morgan fingerprint density at radius 1 is 1.00 bits per heavy atom. The summed E-state index contributed by atoms with van der Waals surface area (Å²) in [7, 11) is 0. The Labute approximate surface area is 195 Å². The van der Waals surface area contributed by atoms with Crippen LogP contribution in [0.2, 0.25) is 0 Å². The number of rotatable bonds is 6. The monoisotopic (exact) mass is 454 g/mol. The second-order valence-corrected chi connectivity index (χ2v) is 10.0. The van der Waals surface area contributed by atoms with Crippen molar-refractivity contribution in [1.29, 1.82) is 0 Å². The second-order valence-electron chi connectivity index (χ2n) is 9.05. The highest BCUT2D eigenvalue weighted by molar-refractivity contribution is 7.10. The number of piperidine rings is 2. The summed E-state index contributed by atoms with van der Waals surface area (Å²) < 4.78 is 0. The zero-order chi connectivity index (χ0) is 22.3. The Hall–Kier alpha value is -2.38. The lowest BCUT2D eigenvalue weighted by Crippen LogP contribution is -2.48. The van der Waals surface area contributed by atoms with Gasteiger partial charge >= 0.3 is 6.03 Å². The fourth-order valence-corrected chi connectivity index (χ4v) is 5.50. The third kappa shape index (κ3) is 5.90. The lowest BCUT2D eigenvalue weighted by molar-refractivity contribution is -0.121. The molecular weight excluding hydrogens is 420 g/mol. The first-order valence-corrected chi connectivity index (χ1v) is 12.6. The molecule has 0 saturated carbocycles. The summed E-state index contributed by atoms with van der Waals surface area (Å²) in [6, 6.07) is 14.0. The van der Waals surface area contributed by atoms with Crippen molar-refractivity contribution < 1.29 is 9.59 Å². The van der Waals surface area contributed by atoms with Crippen LogP contribution in [0.4, 0.5) is 10.5 Å². The first-order chi connectivity index (χ1) is 15.6. The van der Waals surface area contributed by atoms with Crippen LogP contribution in [0.1, 0.15) is 43.5 Å². The van der Waals surface area contributed by atoms with Gasteiger partial charge in [-0.05, 0) is 68.3 Å². The average molecular weight is 455 g/mol. The van der Waals surface area contributed by atoms with Gasteiger partial charge in [-0.1, -0.05) is 31.2 Å². The summed E-state index contributed by atoms with van der Waals surface area (Å²) in [6.45, 7) is 6.35. The Morgan fingerprint density at radius 2 is 1.72 bits per heavy atom. The number of para-hydroxylation sites is 1. The Morgan fingerprint density at radius 3 is 2.38 bits per heavy atom. The summed E-state index contributed by atoms with van der Waals surface area (Å²) in [4.78, 5) is 31.1. The van der Waals surface area contributed by atoms with E-state index in [1.807, 2.05) is 35.2 Å². The van der Waals surface area contributed by atoms with Crippen LogP contribution >= 0.6 is 11.3 Å². The number of urea groups is 1. The van der Waals surface area contributed by atoms with E-state index in [0.717, 1.165) is 24.7 Å². The molecule has 3 amide bonds. The smallest absolute Gasteiger partial charge is 0.317 e. The van der Waals surface area contributed by atoms with Gasteiger partial charge < -0.3 is 15.5 Å². The minimum atomic E-state index is -0.0477. The molecule has 4 rings (SSSR count). The first-order valence-electron chi connectivity index (χ1n) is 11.8. The fraction of sp³-hybridized carbons (Fsp3) is 0.520. The Kier molecular flexibility index (Phi) is 7.81. The van der Waals surface area contributed by atoms with E-state index in [0.29, 0.717) is 32.5 Å². The normalized spacial score (nSPS) is 19.5. The van der Waals surface area contributed by atoms with Crippen LogP contribution < -0.4 is 10.6 Å². The lowest BCUT2D eigenvalue weighted by atomic mass is 9.96. The van der Waals surface area contributed by atoms with Gasteiger partial charge in [0.15, 0.2) is 0 Å². The number of anilines is 1. The van der Waals surface area contributed by atoms with Crippen molar-refractivity contribution in [3.05, 3.63) is 52.7 Å². The number of hydrogen-bond acceptors (Lipinski definition) is 4. The summed E-state index contributed by atoms with van der Waals surface area (Å²) in [6.07, 6.45) is 3.83. The van der Waals surface area contributed by atoms with E-state index in [-0.39, 0.29) is 23.9 Å². The van der Waals surface area contributed by atoms with Crippen LogP contribution in [0.5, 0.6) is 0 Å². The van der Waals surface area contributed by atoms with Gasteiger partial charge in [0.05, 0.1) is 6.04 Å². The molecule has 6 nitrogen and oxygen atoms in total. The minimum Gasteiger partial charge on any atom is -0.336 e. The Bertz CT molecular complexity index is 857. The molecule has 2 aromatic rings. The van der Waals surface area contributed by atoms with E-state index in [9.17, 15) is 9.59 Å². The highest BCUT2D eigenvalue weighted by Crippen LogP contribution is 2.29. The highest BCUT2D eigenvalue weighted by atomic mass is 32.1. The number of nitrogens with one attached hydrogen (secondary N) is 2. The van der Waals surface area contributed by atoms with Gasteiger partial charge in [-0.25, -0.2) is 4.79 Å². The second kappa shape index (κ2) is 11.0. The maximum atomic E-state index is 12.9. The molecule has 2 saturated heterocycles. The third-order valence-electron chi connectivity index (χ3n) is 6.77. The number of benzene rings is 1. The van der Waals surface area contributed by atoms with Crippen LogP contribution in [0.3, 0.4) is 0 Å². The van der Waals surface area contributed by atoms with Crippen molar-refractivity contribution in [1.82, 2.24) is 15.1 Å². The van der Waals surface area contributed by atoms with Crippen LogP contribution in [0, 0.1) is 11.8 Å².